The quantitative estimate of drug-likeness (QED) is 0.621. The van der Waals surface area contributed by atoms with E-state index in [1.54, 1.807) is 45.9 Å². The molecule has 3 aromatic rings. The van der Waals surface area contributed by atoms with Crippen LogP contribution in [0.5, 0.6) is 5.75 Å². The van der Waals surface area contributed by atoms with E-state index in [9.17, 15) is 19.1 Å². The fourth-order valence-electron chi connectivity index (χ4n) is 3.68. The van der Waals surface area contributed by atoms with Crippen molar-refractivity contribution in [2.24, 2.45) is 0 Å². The summed E-state index contributed by atoms with van der Waals surface area (Å²) < 4.78 is 30.2. The second kappa shape index (κ2) is 8.34. The Kier molecular flexibility index (Phi) is 5.69. The van der Waals surface area contributed by atoms with Crippen molar-refractivity contribution in [1.82, 2.24) is 15.0 Å². The van der Waals surface area contributed by atoms with Crippen LogP contribution in [0.1, 0.15) is 32.9 Å². The zero-order valence-electron chi connectivity index (χ0n) is 18.7. The highest BCUT2D eigenvalue weighted by atomic mass is 19.1. The molecule has 1 aromatic carbocycles. The summed E-state index contributed by atoms with van der Waals surface area (Å²) in [6, 6.07) is 6.39. The number of ether oxygens (including phenoxy) is 2. The lowest BCUT2D eigenvalue weighted by atomic mass is 10.1. The van der Waals surface area contributed by atoms with Crippen molar-refractivity contribution < 1.29 is 33.1 Å². The lowest BCUT2D eigenvalue weighted by Gasteiger charge is -2.26. The second-order valence-corrected chi connectivity index (χ2v) is 8.92. The maximum atomic E-state index is 13.4. The third-order valence-corrected chi connectivity index (χ3v) is 5.16. The number of carboxylic acid groups (broad SMARTS) is 1. The van der Waals surface area contributed by atoms with E-state index in [-0.39, 0.29) is 18.8 Å². The Bertz CT molecular complexity index is 1200. The third-order valence-electron chi connectivity index (χ3n) is 5.16. The number of fused-ring (bicyclic) bond motifs is 1. The summed E-state index contributed by atoms with van der Waals surface area (Å²) in [6.45, 7) is 6.89. The molecule has 2 atom stereocenters. The van der Waals surface area contributed by atoms with Gasteiger partial charge < -0.3 is 19.1 Å². The van der Waals surface area contributed by atoms with E-state index < -0.39 is 29.8 Å². The van der Waals surface area contributed by atoms with Crippen LogP contribution in [0.3, 0.4) is 0 Å². The summed E-state index contributed by atoms with van der Waals surface area (Å²) in [5.74, 6) is -1.21. The zero-order valence-corrected chi connectivity index (χ0v) is 18.7. The van der Waals surface area contributed by atoms with Gasteiger partial charge in [0.05, 0.1) is 12.2 Å². The topological polar surface area (TPSA) is 115 Å². The number of carbonyl (C=O) groups is 2. The van der Waals surface area contributed by atoms with Gasteiger partial charge in [-0.25, -0.2) is 19.0 Å². The van der Waals surface area contributed by atoms with Gasteiger partial charge in [0.25, 0.3) is 0 Å². The van der Waals surface area contributed by atoms with Crippen LogP contribution in [-0.2, 0) is 9.53 Å². The lowest BCUT2D eigenvalue weighted by Crippen LogP contribution is -2.43. The molecule has 2 aromatic heterocycles. The average Bonchev–Trinajstić information content (AvgIpc) is 3.32. The first-order valence-corrected chi connectivity index (χ1v) is 10.4. The number of carbonyl (C=O) groups excluding carboxylic acids is 1. The molecule has 1 saturated heterocycles. The predicted octanol–water partition coefficient (Wildman–Crippen LogP) is 4.18. The van der Waals surface area contributed by atoms with Crippen molar-refractivity contribution in [3.05, 3.63) is 41.8 Å². The van der Waals surface area contributed by atoms with Gasteiger partial charge in [-0.1, -0.05) is 5.16 Å². The smallest absolute Gasteiger partial charge is 0.411 e. The Labute approximate surface area is 189 Å². The maximum Gasteiger partial charge on any atom is 0.411 e. The van der Waals surface area contributed by atoms with Crippen molar-refractivity contribution in [2.45, 2.75) is 51.9 Å². The number of rotatable bonds is 4. The fraction of sp³-hybridized carbons (Fsp3) is 0.391. The number of nitrogens with zero attached hydrogens (tertiary/aromatic N) is 3. The Hall–Kier alpha value is -3.69. The van der Waals surface area contributed by atoms with Gasteiger partial charge in [0.1, 0.15) is 34.8 Å². The number of aromatic nitrogens is 2. The molecular formula is C23H24FN3O6. The highest BCUT2D eigenvalue weighted by molar-refractivity contribution is 5.85. The van der Waals surface area contributed by atoms with Crippen LogP contribution in [0.4, 0.5) is 9.18 Å². The van der Waals surface area contributed by atoms with E-state index in [2.05, 4.69) is 10.1 Å². The van der Waals surface area contributed by atoms with Gasteiger partial charge in [0.2, 0.25) is 5.58 Å². The van der Waals surface area contributed by atoms with Crippen molar-refractivity contribution in [1.29, 1.82) is 0 Å². The van der Waals surface area contributed by atoms with Crippen LogP contribution in [0.2, 0.25) is 0 Å². The standard InChI is InChI=1S/C23H24FN3O6/c1-12-19-20(33-26-12)18(10-16(25-19)13-5-7-14(24)8-6-13)31-15-9-17(21(28)29)27(11-15)22(30)32-23(2,3)4/h5-8,10,15,17H,9,11H2,1-4H3,(H,28,29)/t15?,17-/m0/s1. The second-order valence-electron chi connectivity index (χ2n) is 8.92. The number of amides is 1. The number of pyridine rings is 1. The van der Waals surface area contributed by atoms with E-state index in [1.807, 2.05) is 0 Å². The average molecular weight is 457 g/mol. The molecule has 1 N–H and O–H groups in total. The largest absolute Gasteiger partial charge is 0.484 e. The lowest BCUT2D eigenvalue weighted by molar-refractivity contribution is -0.142. The van der Waals surface area contributed by atoms with Crippen LogP contribution in [0.15, 0.2) is 34.9 Å². The van der Waals surface area contributed by atoms with Gasteiger partial charge >= 0.3 is 12.1 Å². The van der Waals surface area contributed by atoms with Gasteiger partial charge in [-0.05, 0) is 52.0 Å². The minimum absolute atomic E-state index is 0.0225. The molecule has 33 heavy (non-hydrogen) atoms. The first-order chi connectivity index (χ1) is 15.5. The van der Waals surface area contributed by atoms with Gasteiger partial charge in [-0.2, -0.15) is 0 Å². The summed E-state index contributed by atoms with van der Waals surface area (Å²) in [5, 5.41) is 13.6. The molecule has 1 fully saturated rings. The number of hydrogen-bond acceptors (Lipinski definition) is 7. The fourth-order valence-corrected chi connectivity index (χ4v) is 3.68. The Balaban J connectivity index is 1.65. The molecule has 174 valence electrons. The number of likely N-dealkylation sites (tertiary alicyclic amines) is 1. The summed E-state index contributed by atoms with van der Waals surface area (Å²) in [6.07, 6.45) is -1.28. The van der Waals surface area contributed by atoms with Crippen molar-refractivity contribution in [2.75, 3.05) is 6.54 Å². The molecule has 1 aliphatic heterocycles. The SMILES string of the molecule is Cc1noc2c(OC3C[C@@H](C(=O)O)N(C(=O)OC(C)(C)C)C3)cc(-c3ccc(F)cc3)nc12. The molecule has 0 spiro atoms. The molecular weight excluding hydrogens is 433 g/mol. The van der Waals surface area contributed by atoms with E-state index in [0.717, 1.165) is 4.90 Å². The van der Waals surface area contributed by atoms with Crippen LogP contribution >= 0.6 is 0 Å². The van der Waals surface area contributed by atoms with Crippen LogP contribution in [0, 0.1) is 12.7 Å². The third kappa shape index (κ3) is 4.74. The summed E-state index contributed by atoms with van der Waals surface area (Å²) in [4.78, 5) is 30.1. The zero-order chi connectivity index (χ0) is 23.9. The normalized spacial score (nSPS) is 18.5. The highest BCUT2D eigenvalue weighted by Crippen LogP contribution is 2.34. The van der Waals surface area contributed by atoms with Crippen LogP contribution in [-0.4, -0.2) is 56.5 Å². The molecule has 3 heterocycles. The highest BCUT2D eigenvalue weighted by Gasteiger charge is 2.43. The summed E-state index contributed by atoms with van der Waals surface area (Å²) in [5.41, 5.74) is 1.74. The number of aryl methyl sites for hydroxylation is 1. The Morgan fingerprint density at radius 2 is 1.94 bits per heavy atom. The van der Waals surface area contributed by atoms with Gasteiger partial charge in [-0.15, -0.1) is 0 Å². The number of halogens is 1. The first-order valence-electron chi connectivity index (χ1n) is 10.4. The van der Waals surface area contributed by atoms with E-state index in [0.29, 0.717) is 33.8 Å². The molecule has 4 rings (SSSR count). The Morgan fingerprint density at radius 1 is 1.24 bits per heavy atom. The molecule has 0 saturated carbocycles. The van der Waals surface area contributed by atoms with Crippen LogP contribution < -0.4 is 4.74 Å². The number of carboxylic acids is 1. The molecule has 0 aliphatic carbocycles. The molecule has 1 aliphatic rings. The summed E-state index contributed by atoms with van der Waals surface area (Å²) >= 11 is 0. The molecule has 0 bridgehead atoms. The minimum atomic E-state index is -1.14. The number of benzene rings is 1. The predicted molar refractivity (Wildman–Crippen MR) is 115 cm³/mol. The van der Waals surface area contributed by atoms with E-state index in [1.165, 1.54) is 12.1 Å². The van der Waals surface area contributed by atoms with Crippen molar-refractivity contribution in [3.8, 4) is 17.0 Å². The molecule has 1 amide bonds. The van der Waals surface area contributed by atoms with Gasteiger partial charge in [0.15, 0.2) is 5.75 Å². The molecule has 9 nitrogen and oxygen atoms in total. The minimum Gasteiger partial charge on any atom is -0.484 e. The van der Waals surface area contributed by atoms with Gasteiger partial charge in [0, 0.05) is 18.1 Å². The van der Waals surface area contributed by atoms with Gasteiger partial charge in [-0.3, -0.25) is 4.90 Å². The monoisotopic (exact) mass is 457 g/mol. The molecule has 1 unspecified atom stereocenters. The maximum absolute atomic E-state index is 13.4. The number of aliphatic carboxylic acids is 1. The summed E-state index contributed by atoms with van der Waals surface area (Å²) in [7, 11) is 0. The molecule has 0 radical (unpaired) electrons. The van der Waals surface area contributed by atoms with E-state index >= 15 is 0 Å². The Morgan fingerprint density at radius 3 is 2.58 bits per heavy atom. The molecule has 10 heteroatoms. The number of hydrogen-bond donors (Lipinski definition) is 1. The first kappa shape index (κ1) is 22.5. The van der Waals surface area contributed by atoms with Crippen molar-refractivity contribution in [3.63, 3.8) is 0 Å². The van der Waals surface area contributed by atoms with Crippen LogP contribution in [0.25, 0.3) is 22.4 Å². The van der Waals surface area contributed by atoms with Crippen molar-refractivity contribution >= 4 is 23.2 Å². The van der Waals surface area contributed by atoms with E-state index in [4.69, 9.17) is 14.0 Å².